The largest absolute Gasteiger partial charge is 0.393 e. The Morgan fingerprint density at radius 2 is 2.05 bits per heavy atom. The highest BCUT2D eigenvalue weighted by Gasteiger charge is 2.21. The Bertz CT molecular complexity index is 522. The number of aliphatic hydroxyl groups is 2. The molecular formula is C16H19NO3. The lowest BCUT2D eigenvalue weighted by Gasteiger charge is -2.26. The van der Waals surface area contributed by atoms with Crippen molar-refractivity contribution in [2.24, 2.45) is 0 Å². The van der Waals surface area contributed by atoms with Crippen LogP contribution >= 0.6 is 0 Å². The summed E-state index contributed by atoms with van der Waals surface area (Å²) in [6.07, 6.45) is 2.90. The minimum Gasteiger partial charge on any atom is -0.393 e. The molecule has 20 heavy (non-hydrogen) atoms. The molecule has 0 spiro atoms. The van der Waals surface area contributed by atoms with E-state index in [9.17, 15) is 9.90 Å². The smallest absolute Gasteiger partial charge is 0.251 e. The number of benzene rings is 1. The Hall–Kier alpha value is -1.83. The summed E-state index contributed by atoms with van der Waals surface area (Å²) in [6, 6.07) is 7.18. The molecule has 0 saturated heterocycles. The predicted molar refractivity (Wildman–Crippen MR) is 76.1 cm³/mol. The third-order valence-corrected chi connectivity index (χ3v) is 3.47. The van der Waals surface area contributed by atoms with Crippen molar-refractivity contribution in [2.75, 3.05) is 6.61 Å². The van der Waals surface area contributed by atoms with Crippen molar-refractivity contribution in [3.8, 4) is 11.8 Å². The molecule has 0 atom stereocenters. The highest BCUT2D eigenvalue weighted by atomic mass is 16.3. The lowest BCUT2D eigenvalue weighted by Crippen LogP contribution is -2.38. The maximum absolute atomic E-state index is 12.1. The van der Waals surface area contributed by atoms with Crippen LogP contribution in [-0.4, -0.2) is 34.9 Å². The van der Waals surface area contributed by atoms with Crippen molar-refractivity contribution >= 4 is 5.91 Å². The lowest BCUT2D eigenvalue weighted by atomic mass is 9.93. The molecule has 0 aliphatic heterocycles. The molecule has 106 valence electrons. The predicted octanol–water partition coefficient (Wildman–Crippen LogP) is 1.06. The first-order chi connectivity index (χ1) is 9.69. The van der Waals surface area contributed by atoms with E-state index in [-0.39, 0.29) is 24.7 Å². The normalized spacial score (nSPS) is 21.7. The molecule has 0 heterocycles. The molecule has 1 aromatic rings. The van der Waals surface area contributed by atoms with Gasteiger partial charge in [-0.05, 0) is 43.9 Å². The molecule has 1 amide bonds. The molecule has 0 radical (unpaired) electrons. The van der Waals surface area contributed by atoms with Crippen LogP contribution in [0.25, 0.3) is 0 Å². The zero-order chi connectivity index (χ0) is 14.4. The Morgan fingerprint density at radius 1 is 1.30 bits per heavy atom. The maximum atomic E-state index is 12.1. The van der Waals surface area contributed by atoms with E-state index in [2.05, 4.69) is 17.2 Å². The second-order valence-corrected chi connectivity index (χ2v) is 5.02. The van der Waals surface area contributed by atoms with Gasteiger partial charge >= 0.3 is 0 Å². The van der Waals surface area contributed by atoms with Gasteiger partial charge in [0.15, 0.2) is 0 Å². The Kier molecular flexibility index (Phi) is 5.16. The minimum absolute atomic E-state index is 0.112. The summed E-state index contributed by atoms with van der Waals surface area (Å²) in [6.45, 7) is -0.194. The van der Waals surface area contributed by atoms with Crippen molar-refractivity contribution in [1.82, 2.24) is 5.32 Å². The van der Waals surface area contributed by atoms with Crippen LogP contribution in [0, 0.1) is 11.8 Å². The molecule has 3 N–H and O–H groups in total. The Balaban J connectivity index is 1.98. The van der Waals surface area contributed by atoms with Gasteiger partial charge in [0, 0.05) is 17.2 Å². The summed E-state index contributed by atoms with van der Waals surface area (Å²) in [5.41, 5.74) is 1.28. The summed E-state index contributed by atoms with van der Waals surface area (Å²) in [5.74, 6) is 5.24. The number of aliphatic hydroxyl groups excluding tert-OH is 2. The van der Waals surface area contributed by atoms with Crippen LogP contribution in [0.3, 0.4) is 0 Å². The van der Waals surface area contributed by atoms with E-state index < -0.39 is 0 Å². The minimum atomic E-state index is -0.222. The zero-order valence-electron chi connectivity index (χ0n) is 11.3. The molecule has 1 aliphatic rings. The van der Waals surface area contributed by atoms with Gasteiger partial charge in [0.25, 0.3) is 5.91 Å². The van der Waals surface area contributed by atoms with E-state index in [1.807, 2.05) is 0 Å². The molecule has 0 unspecified atom stereocenters. The van der Waals surface area contributed by atoms with Crippen LogP contribution in [0.5, 0.6) is 0 Å². The van der Waals surface area contributed by atoms with Crippen molar-refractivity contribution in [3.05, 3.63) is 35.4 Å². The van der Waals surface area contributed by atoms with Gasteiger partial charge in [0.2, 0.25) is 0 Å². The number of hydrogen-bond donors (Lipinski definition) is 3. The third-order valence-electron chi connectivity index (χ3n) is 3.47. The molecule has 4 nitrogen and oxygen atoms in total. The van der Waals surface area contributed by atoms with Gasteiger partial charge in [-0.15, -0.1) is 0 Å². The van der Waals surface area contributed by atoms with Gasteiger partial charge in [-0.25, -0.2) is 0 Å². The first-order valence-electron chi connectivity index (χ1n) is 6.88. The topological polar surface area (TPSA) is 69.6 Å². The molecule has 1 saturated carbocycles. The monoisotopic (exact) mass is 273 g/mol. The van der Waals surface area contributed by atoms with Crippen LogP contribution < -0.4 is 5.32 Å². The van der Waals surface area contributed by atoms with Gasteiger partial charge in [-0.3, -0.25) is 4.79 Å². The summed E-state index contributed by atoms with van der Waals surface area (Å²) < 4.78 is 0. The molecule has 1 fully saturated rings. The number of carbonyl (C=O) groups is 1. The fourth-order valence-corrected chi connectivity index (χ4v) is 2.37. The first kappa shape index (κ1) is 14.6. The van der Waals surface area contributed by atoms with Crippen LogP contribution in [0.2, 0.25) is 0 Å². The fourth-order valence-electron chi connectivity index (χ4n) is 2.37. The summed E-state index contributed by atoms with van der Waals surface area (Å²) >= 11 is 0. The molecular weight excluding hydrogens is 254 g/mol. The van der Waals surface area contributed by atoms with Gasteiger partial charge in [-0.2, -0.15) is 0 Å². The molecule has 4 heteroatoms. The molecule has 0 aromatic heterocycles. The highest BCUT2D eigenvalue weighted by molar-refractivity contribution is 5.94. The third kappa shape index (κ3) is 4.09. The second-order valence-electron chi connectivity index (χ2n) is 5.02. The molecule has 0 bridgehead atoms. The van der Waals surface area contributed by atoms with Crippen molar-refractivity contribution in [2.45, 2.75) is 37.8 Å². The van der Waals surface area contributed by atoms with Crippen molar-refractivity contribution < 1.29 is 15.0 Å². The quantitative estimate of drug-likeness (QED) is 0.706. The van der Waals surface area contributed by atoms with Crippen LogP contribution in [0.15, 0.2) is 24.3 Å². The lowest BCUT2D eigenvalue weighted by molar-refractivity contribution is 0.0867. The molecule has 1 aliphatic carbocycles. The van der Waals surface area contributed by atoms with Crippen molar-refractivity contribution in [3.63, 3.8) is 0 Å². The Morgan fingerprint density at radius 3 is 2.75 bits per heavy atom. The average Bonchev–Trinajstić information content (AvgIpc) is 2.48. The Labute approximate surface area is 118 Å². The first-order valence-corrected chi connectivity index (χ1v) is 6.88. The van der Waals surface area contributed by atoms with E-state index in [4.69, 9.17) is 5.11 Å². The van der Waals surface area contributed by atoms with Crippen molar-refractivity contribution in [1.29, 1.82) is 0 Å². The van der Waals surface area contributed by atoms with Crippen LogP contribution in [0.4, 0.5) is 0 Å². The van der Waals surface area contributed by atoms with E-state index in [1.165, 1.54) is 0 Å². The molecule has 2 rings (SSSR count). The summed E-state index contributed by atoms with van der Waals surface area (Å²) in [4.78, 5) is 12.1. The standard InChI is InChI=1S/C16H19NO3/c18-10-2-4-12-3-1-5-13(11-12)16(20)17-14-6-8-15(19)9-7-14/h1,3,5,11,14-15,18-19H,6-10H2,(H,17,20). The number of amides is 1. The van der Waals surface area contributed by atoms with Gasteiger partial charge in [0.05, 0.1) is 6.10 Å². The van der Waals surface area contributed by atoms with E-state index in [0.29, 0.717) is 11.1 Å². The summed E-state index contributed by atoms with van der Waals surface area (Å²) in [5, 5.41) is 21.1. The van der Waals surface area contributed by atoms with Crippen LogP contribution in [-0.2, 0) is 0 Å². The zero-order valence-corrected chi connectivity index (χ0v) is 11.3. The second kappa shape index (κ2) is 7.09. The molecule has 1 aromatic carbocycles. The maximum Gasteiger partial charge on any atom is 0.251 e. The van der Waals surface area contributed by atoms with E-state index in [1.54, 1.807) is 24.3 Å². The van der Waals surface area contributed by atoms with Crippen LogP contribution in [0.1, 0.15) is 41.6 Å². The number of carbonyl (C=O) groups excluding carboxylic acids is 1. The summed E-state index contributed by atoms with van der Waals surface area (Å²) in [7, 11) is 0. The number of rotatable bonds is 2. The van der Waals surface area contributed by atoms with Gasteiger partial charge in [0.1, 0.15) is 6.61 Å². The van der Waals surface area contributed by atoms with Gasteiger partial charge in [-0.1, -0.05) is 17.9 Å². The highest BCUT2D eigenvalue weighted by Crippen LogP contribution is 2.18. The SMILES string of the molecule is O=C(NC1CCC(O)CC1)c1cccc(C#CCO)c1. The average molecular weight is 273 g/mol. The number of hydrogen-bond acceptors (Lipinski definition) is 3. The fraction of sp³-hybridized carbons (Fsp3) is 0.438. The van der Waals surface area contributed by atoms with E-state index >= 15 is 0 Å². The number of nitrogens with one attached hydrogen (secondary N) is 1. The van der Waals surface area contributed by atoms with Gasteiger partial charge < -0.3 is 15.5 Å². The van der Waals surface area contributed by atoms with E-state index in [0.717, 1.165) is 25.7 Å².